The van der Waals surface area contributed by atoms with Crippen LogP contribution in [0, 0.1) is 12.3 Å². The Bertz CT molecular complexity index is 877. The van der Waals surface area contributed by atoms with Crippen LogP contribution in [-0.4, -0.2) is 61.0 Å². The highest BCUT2D eigenvalue weighted by atomic mass is 16.2. The number of carbonyl (C=O) groups is 2. The summed E-state index contributed by atoms with van der Waals surface area (Å²) >= 11 is 0. The minimum Gasteiger partial charge on any atom is -0.338 e. The van der Waals surface area contributed by atoms with E-state index in [9.17, 15) is 9.59 Å². The Morgan fingerprint density at radius 2 is 2.04 bits per heavy atom. The molecule has 0 aliphatic carbocycles. The number of aryl methyl sites for hydroxylation is 2. The molecule has 0 radical (unpaired) electrons. The van der Waals surface area contributed by atoms with Crippen LogP contribution in [0.15, 0.2) is 24.8 Å². The molecule has 8 heteroatoms. The summed E-state index contributed by atoms with van der Waals surface area (Å²) in [6.45, 7) is 4.48. The second-order valence-corrected chi connectivity index (χ2v) is 8.13. The van der Waals surface area contributed by atoms with E-state index < -0.39 is 0 Å². The Kier molecular flexibility index (Phi) is 4.87. The minimum atomic E-state index is -0.0395. The number of hydrogen-bond donors (Lipinski definition) is 0. The number of hydrogen-bond acceptors (Lipinski definition) is 5. The Morgan fingerprint density at radius 3 is 2.75 bits per heavy atom. The molecule has 4 rings (SSSR count). The van der Waals surface area contributed by atoms with Gasteiger partial charge in [0, 0.05) is 50.9 Å². The molecule has 0 aromatic carbocycles. The fourth-order valence-electron chi connectivity index (χ4n) is 4.37. The number of carbonyl (C=O) groups excluding carboxylic acids is 2. The van der Waals surface area contributed by atoms with Gasteiger partial charge in [-0.1, -0.05) is 0 Å². The first-order valence-corrected chi connectivity index (χ1v) is 9.77. The molecular weight excluding hydrogens is 356 g/mol. The van der Waals surface area contributed by atoms with Gasteiger partial charge in [-0.3, -0.25) is 24.2 Å². The zero-order valence-electron chi connectivity index (χ0n) is 16.5. The van der Waals surface area contributed by atoms with Crippen molar-refractivity contribution in [2.45, 2.75) is 39.2 Å². The molecule has 2 fully saturated rings. The van der Waals surface area contributed by atoms with Crippen LogP contribution in [0.1, 0.15) is 47.4 Å². The first-order valence-electron chi connectivity index (χ1n) is 9.77. The molecule has 1 spiro atoms. The third kappa shape index (κ3) is 3.76. The van der Waals surface area contributed by atoms with Gasteiger partial charge in [0.1, 0.15) is 0 Å². The molecule has 2 aromatic rings. The van der Waals surface area contributed by atoms with E-state index in [0.29, 0.717) is 31.6 Å². The van der Waals surface area contributed by atoms with E-state index in [1.807, 2.05) is 23.8 Å². The topological polar surface area (TPSA) is 84.2 Å². The molecule has 0 unspecified atom stereocenters. The second-order valence-electron chi connectivity index (χ2n) is 8.13. The van der Waals surface area contributed by atoms with E-state index in [1.54, 1.807) is 29.5 Å². The van der Waals surface area contributed by atoms with Crippen molar-refractivity contribution in [3.05, 3.63) is 41.7 Å². The molecule has 148 valence electrons. The molecule has 8 nitrogen and oxygen atoms in total. The fourth-order valence-corrected chi connectivity index (χ4v) is 4.37. The van der Waals surface area contributed by atoms with Crippen LogP contribution in [0.4, 0.5) is 0 Å². The number of likely N-dealkylation sites (tertiary alicyclic amines) is 2. The Balaban J connectivity index is 1.47. The Labute approximate surface area is 164 Å². The van der Waals surface area contributed by atoms with Crippen LogP contribution in [0.5, 0.6) is 0 Å². The average molecular weight is 382 g/mol. The molecule has 2 amide bonds. The molecule has 0 bridgehead atoms. The van der Waals surface area contributed by atoms with E-state index in [1.165, 1.54) is 0 Å². The molecule has 28 heavy (non-hydrogen) atoms. The maximum Gasteiger partial charge on any atom is 0.257 e. The van der Waals surface area contributed by atoms with Crippen molar-refractivity contribution in [3.63, 3.8) is 0 Å². The summed E-state index contributed by atoms with van der Waals surface area (Å²) < 4.78 is 1.65. The largest absolute Gasteiger partial charge is 0.338 e. The highest BCUT2D eigenvalue weighted by Crippen LogP contribution is 2.39. The van der Waals surface area contributed by atoms with Crippen molar-refractivity contribution in [1.29, 1.82) is 0 Å². The minimum absolute atomic E-state index is 0.0278. The van der Waals surface area contributed by atoms with E-state index in [2.05, 4.69) is 15.1 Å². The molecule has 2 saturated heterocycles. The van der Waals surface area contributed by atoms with Gasteiger partial charge in [-0.05, 0) is 26.2 Å². The normalized spacial score (nSPS) is 22.7. The van der Waals surface area contributed by atoms with E-state index in [0.717, 1.165) is 37.2 Å². The van der Waals surface area contributed by atoms with Crippen LogP contribution < -0.4 is 0 Å². The van der Waals surface area contributed by atoms with Gasteiger partial charge in [0.15, 0.2) is 0 Å². The lowest BCUT2D eigenvalue weighted by molar-refractivity contribution is -0.139. The second kappa shape index (κ2) is 7.33. The number of piperidine rings is 2. The summed E-state index contributed by atoms with van der Waals surface area (Å²) in [6.07, 6.45) is 10.2. The lowest BCUT2D eigenvalue weighted by Crippen LogP contribution is -2.54. The van der Waals surface area contributed by atoms with E-state index >= 15 is 0 Å². The van der Waals surface area contributed by atoms with Crippen LogP contribution in [0.3, 0.4) is 0 Å². The molecule has 2 aliphatic rings. The summed E-state index contributed by atoms with van der Waals surface area (Å²) in [5, 5.41) is 4.11. The fraction of sp³-hybridized carbons (Fsp3) is 0.550. The number of aromatic nitrogens is 4. The number of amides is 2. The molecule has 2 aliphatic heterocycles. The van der Waals surface area contributed by atoms with Crippen molar-refractivity contribution in [2.24, 2.45) is 12.5 Å². The lowest BCUT2D eigenvalue weighted by Gasteiger charge is -2.48. The van der Waals surface area contributed by atoms with Gasteiger partial charge in [-0.25, -0.2) is 0 Å². The standard InChI is InChI=1S/C20H26N6O2/c1-15-8-22-17(10-21-15)12-26-14-20(6-4-18(26)27)5-3-7-25(13-20)19(28)16-9-23-24(2)11-16/h8-11H,3-7,12-14H2,1-2H3/t20-/m0/s1. The predicted octanol–water partition coefficient (Wildman–Crippen LogP) is 1.56. The van der Waals surface area contributed by atoms with Crippen molar-refractivity contribution >= 4 is 11.8 Å². The quantitative estimate of drug-likeness (QED) is 0.804. The first kappa shape index (κ1) is 18.6. The average Bonchev–Trinajstić information content (AvgIpc) is 3.13. The van der Waals surface area contributed by atoms with Gasteiger partial charge < -0.3 is 9.80 Å². The van der Waals surface area contributed by atoms with Crippen molar-refractivity contribution in [1.82, 2.24) is 29.5 Å². The Morgan fingerprint density at radius 1 is 1.18 bits per heavy atom. The molecule has 1 atom stereocenters. The van der Waals surface area contributed by atoms with E-state index in [4.69, 9.17) is 0 Å². The highest BCUT2D eigenvalue weighted by Gasteiger charge is 2.43. The third-order valence-electron chi connectivity index (χ3n) is 5.84. The summed E-state index contributed by atoms with van der Waals surface area (Å²) in [7, 11) is 1.81. The van der Waals surface area contributed by atoms with Crippen molar-refractivity contribution in [3.8, 4) is 0 Å². The summed E-state index contributed by atoms with van der Waals surface area (Å²) in [6, 6.07) is 0. The molecule has 4 heterocycles. The van der Waals surface area contributed by atoms with Crippen LogP contribution >= 0.6 is 0 Å². The SMILES string of the molecule is Cc1cnc(CN2C[C@@]3(CCCN(C(=O)c4cnn(C)c4)C3)CCC2=O)cn1. The number of nitrogens with zero attached hydrogens (tertiary/aromatic N) is 6. The highest BCUT2D eigenvalue weighted by molar-refractivity contribution is 5.93. The van der Waals surface area contributed by atoms with Crippen LogP contribution in [-0.2, 0) is 18.4 Å². The Hall–Kier alpha value is -2.77. The third-order valence-corrected chi connectivity index (χ3v) is 5.84. The van der Waals surface area contributed by atoms with Crippen molar-refractivity contribution < 1.29 is 9.59 Å². The predicted molar refractivity (Wildman–Crippen MR) is 102 cm³/mol. The van der Waals surface area contributed by atoms with Gasteiger partial charge in [0.05, 0.1) is 35.9 Å². The molecule has 0 saturated carbocycles. The van der Waals surface area contributed by atoms with Gasteiger partial charge >= 0.3 is 0 Å². The van der Waals surface area contributed by atoms with Gasteiger partial charge in [0.2, 0.25) is 5.91 Å². The van der Waals surface area contributed by atoms with Crippen LogP contribution in [0.2, 0.25) is 0 Å². The van der Waals surface area contributed by atoms with Crippen molar-refractivity contribution in [2.75, 3.05) is 19.6 Å². The van der Waals surface area contributed by atoms with E-state index in [-0.39, 0.29) is 17.2 Å². The summed E-state index contributed by atoms with van der Waals surface area (Å²) in [4.78, 5) is 37.9. The summed E-state index contributed by atoms with van der Waals surface area (Å²) in [5.41, 5.74) is 2.25. The number of rotatable bonds is 3. The van der Waals surface area contributed by atoms with Crippen LogP contribution in [0.25, 0.3) is 0 Å². The molecule has 0 N–H and O–H groups in total. The lowest BCUT2D eigenvalue weighted by atomic mass is 9.73. The maximum atomic E-state index is 12.9. The monoisotopic (exact) mass is 382 g/mol. The summed E-state index contributed by atoms with van der Waals surface area (Å²) in [5.74, 6) is 0.184. The van der Waals surface area contributed by atoms with Gasteiger partial charge in [-0.15, -0.1) is 0 Å². The zero-order valence-corrected chi connectivity index (χ0v) is 16.5. The smallest absolute Gasteiger partial charge is 0.257 e. The zero-order chi connectivity index (χ0) is 19.7. The van der Waals surface area contributed by atoms with Gasteiger partial charge in [0.25, 0.3) is 5.91 Å². The van der Waals surface area contributed by atoms with Gasteiger partial charge in [-0.2, -0.15) is 5.10 Å². The maximum absolute atomic E-state index is 12.9. The first-order chi connectivity index (χ1) is 13.4. The molecule has 2 aromatic heterocycles. The molecular formula is C20H26N6O2.